The molecular formula is C18H14F3NO2. The first-order valence-electron chi connectivity index (χ1n) is 7.26. The maximum atomic E-state index is 13.4. The van der Waals surface area contributed by atoms with Crippen molar-refractivity contribution in [3.63, 3.8) is 0 Å². The Hall–Kier alpha value is -2.76. The summed E-state index contributed by atoms with van der Waals surface area (Å²) in [5.74, 6) is 0.267. The van der Waals surface area contributed by atoms with Gasteiger partial charge in [-0.05, 0) is 36.2 Å². The number of furan rings is 1. The van der Waals surface area contributed by atoms with E-state index in [0.717, 1.165) is 11.6 Å². The quantitative estimate of drug-likeness (QED) is 0.705. The minimum Gasteiger partial charge on any atom is -0.459 e. The Balaban J connectivity index is 2.17. The molecule has 1 N–H and O–H groups in total. The molecule has 0 atom stereocenters. The number of carbonyl (C=O) groups excluding carboxylic acids is 1. The van der Waals surface area contributed by atoms with E-state index in [2.05, 4.69) is 5.32 Å². The largest absolute Gasteiger partial charge is 0.459 e. The Morgan fingerprint density at radius 1 is 1.08 bits per heavy atom. The second-order valence-electron chi connectivity index (χ2n) is 5.52. The lowest BCUT2D eigenvalue weighted by Gasteiger charge is -2.10. The SMILES string of the molecule is Cc1ccc(-c2cc(C(F)(F)F)c3oc(CNC=O)cc3c2)cc1. The van der Waals surface area contributed by atoms with E-state index >= 15 is 0 Å². The van der Waals surface area contributed by atoms with E-state index in [9.17, 15) is 18.0 Å². The fourth-order valence-corrected chi connectivity index (χ4v) is 2.56. The molecule has 2 aromatic carbocycles. The third-order valence-electron chi connectivity index (χ3n) is 3.72. The van der Waals surface area contributed by atoms with Crippen LogP contribution in [0.2, 0.25) is 0 Å². The zero-order valence-corrected chi connectivity index (χ0v) is 12.8. The fraction of sp³-hybridized carbons (Fsp3) is 0.167. The van der Waals surface area contributed by atoms with Gasteiger partial charge in [-0.25, -0.2) is 0 Å². The number of halogens is 3. The van der Waals surface area contributed by atoms with Crippen LogP contribution in [0.15, 0.2) is 46.9 Å². The van der Waals surface area contributed by atoms with Crippen molar-refractivity contribution in [3.05, 3.63) is 59.4 Å². The number of hydrogen-bond donors (Lipinski definition) is 1. The van der Waals surface area contributed by atoms with Crippen LogP contribution >= 0.6 is 0 Å². The molecule has 3 rings (SSSR count). The molecule has 0 saturated heterocycles. The molecule has 0 spiro atoms. The lowest BCUT2D eigenvalue weighted by Crippen LogP contribution is -2.08. The van der Waals surface area contributed by atoms with Crippen molar-refractivity contribution >= 4 is 17.4 Å². The molecule has 124 valence electrons. The molecule has 1 amide bonds. The van der Waals surface area contributed by atoms with Crippen molar-refractivity contribution in [2.75, 3.05) is 0 Å². The molecule has 0 bridgehead atoms. The number of aryl methyl sites for hydroxylation is 1. The number of hydrogen-bond acceptors (Lipinski definition) is 2. The van der Waals surface area contributed by atoms with E-state index in [1.165, 1.54) is 6.07 Å². The minimum atomic E-state index is -4.54. The van der Waals surface area contributed by atoms with Crippen molar-refractivity contribution in [1.82, 2.24) is 5.32 Å². The summed E-state index contributed by atoms with van der Waals surface area (Å²) < 4.78 is 45.5. The van der Waals surface area contributed by atoms with E-state index in [-0.39, 0.29) is 17.9 Å². The van der Waals surface area contributed by atoms with E-state index in [0.29, 0.717) is 22.9 Å². The number of amides is 1. The fourth-order valence-electron chi connectivity index (χ4n) is 2.56. The molecule has 24 heavy (non-hydrogen) atoms. The van der Waals surface area contributed by atoms with Gasteiger partial charge < -0.3 is 9.73 Å². The first-order chi connectivity index (χ1) is 11.4. The number of carbonyl (C=O) groups is 1. The first-order valence-corrected chi connectivity index (χ1v) is 7.26. The Kier molecular flexibility index (Phi) is 4.05. The standard InChI is InChI=1S/C18H14F3NO2/c1-11-2-4-12(5-3-11)13-6-14-7-15(9-22-10-23)24-17(14)16(8-13)18(19,20)21/h2-8,10H,9H2,1H3,(H,22,23). The van der Waals surface area contributed by atoms with Gasteiger partial charge >= 0.3 is 6.18 Å². The maximum absolute atomic E-state index is 13.4. The normalized spacial score (nSPS) is 11.7. The monoisotopic (exact) mass is 333 g/mol. The van der Waals surface area contributed by atoms with Gasteiger partial charge in [0.1, 0.15) is 11.3 Å². The minimum absolute atomic E-state index is 0.0370. The number of nitrogens with one attached hydrogen (secondary N) is 1. The number of benzene rings is 2. The van der Waals surface area contributed by atoms with Crippen molar-refractivity contribution in [1.29, 1.82) is 0 Å². The number of alkyl halides is 3. The highest BCUT2D eigenvalue weighted by Crippen LogP contribution is 2.39. The highest BCUT2D eigenvalue weighted by molar-refractivity contribution is 5.87. The molecule has 0 fully saturated rings. The van der Waals surface area contributed by atoms with E-state index in [4.69, 9.17) is 4.42 Å². The predicted molar refractivity (Wildman–Crippen MR) is 84.3 cm³/mol. The number of fused-ring (bicyclic) bond motifs is 1. The molecule has 0 saturated carbocycles. The Bertz CT molecular complexity index is 880. The lowest BCUT2D eigenvalue weighted by molar-refractivity contribution is -0.136. The molecule has 6 heteroatoms. The van der Waals surface area contributed by atoms with Crippen LogP contribution in [-0.4, -0.2) is 6.41 Å². The third-order valence-corrected chi connectivity index (χ3v) is 3.72. The van der Waals surface area contributed by atoms with Crippen LogP contribution in [0, 0.1) is 6.92 Å². The predicted octanol–water partition coefficient (Wildman–Crippen LogP) is 4.67. The second kappa shape index (κ2) is 6.03. The zero-order chi connectivity index (χ0) is 17.3. The first kappa shape index (κ1) is 16.1. The molecule has 0 aliphatic heterocycles. The van der Waals surface area contributed by atoms with Gasteiger partial charge in [0, 0.05) is 5.39 Å². The van der Waals surface area contributed by atoms with Crippen molar-refractivity contribution in [3.8, 4) is 11.1 Å². The van der Waals surface area contributed by atoms with Gasteiger partial charge in [-0.3, -0.25) is 4.79 Å². The molecule has 3 aromatic rings. The van der Waals surface area contributed by atoms with E-state index < -0.39 is 11.7 Å². The highest BCUT2D eigenvalue weighted by Gasteiger charge is 2.35. The van der Waals surface area contributed by atoms with Gasteiger partial charge in [0.15, 0.2) is 0 Å². The van der Waals surface area contributed by atoms with Crippen LogP contribution in [-0.2, 0) is 17.5 Å². The van der Waals surface area contributed by atoms with Crippen LogP contribution < -0.4 is 5.32 Å². The van der Waals surface area contributed by atoms with Gasteiger partial charge in [0.25, 0.3) is 0 Å². The van der Waals surface area contributed by atoms with E-state index in [1.54, 1.807) is 18.2 Å². The summed E-state index contributed by atoms with van der Waals surface area (Å²) in [6.07, 6.45) is -4.07. The lowest BCUT2D eigenvalue weighted by atomic mass is 9.99. The molecule has 0 radical (unpaired) electrons. The molecule has 1 heterocycles. The molecule has 3 nitrogen and oxygen atoms in total. The van der Waals surface area contributed by atoms with Crippen molar-refractivity contribution < 1.29 is 22.4 Å². The summed E-state index contributed by atoms with van der Waals surface area (Å²) in [4.78, 5) is 10.4. The molecular weight excluding hydrogens is 319 g/mol. The smallest absolute Gasteiger partial charge is 0.420 e. The second-order valence-corrected chi connectivity index (χ2v) is 5.52. The van der Waals surface area contributed by atoms with Gasteiger partial charge in [0.2, 0.25) is 6.41 Å². The maximum Gasteiger partial charge on any atom is 0.420 e. The van der Waals surface area contributed by atoms with Gasteiger partial charge in [0.05, 0.1) is 12.1 Å². The Morgan fingerprint density at radius 2 is 1.79 bits per heavy atom. The Morgan fingerprint density at radius 3 is 2.42 bits per heavy atom. The average Bonchev–Trinajstić information content (AvgIpc) is 2.94. The van der Waals surface area contributed by atoms with Gasteiger partial charge in [-0.15, -0.1) is 0 Å². The third kappa shape index (κ3) is 3.13. The van der Waals surface area contributed by atoms with Crippen LogP contribution in [0.3, 0.4) is 0 Å². The summed E-state index contributed by atoms with van der Waals surface area (Å²) >= 11 is 0. The van der Waals surface area contributed by atoms with E-state index in [1.807, 2.05) is 19.1 Å². The average molecular weight is 333 g/mol. The van der Waals surface area contributed by atoms with Crippen LogP contribution in [0.1, 0.15) is 16.9 Å². The molecule has 0 aliphatic carbocycles. The summed E-state index contributed by atoms with van der Waals surface area (Å²) in [6, 6.07) is 11.5. The van der Waals surface area contributed by atoms with Crippen molar-refractivity contribution in [2.24, 2.45) is 0 Å². The number of rotatable bonds is 4. The van der Waals surface area contributed by atoms with Gasteiger partial charge in [-0.2, -0.15) is 13.2 Å². The molecule has 0 aliphatic rings. The summed E-state index contributed by atoms with van der Waals surface area (Å²) in [6.45, 7) is 1.95. The highest BCUT2D eigenvalue weighted by atomic mass is 19.4. The molecule has 1 aromatic heterocycles. The summed E-state index contributed by atoms with van der Waals surface area (Å²) in [7, 11) is 0. The summed E-state index contributed by atoms with van der Waals surface area (Å²) in [5.41, 5.74) is 1.14. The summed E-state index contributed by atoms with van der Waals surface area (Å²) in [5, 5.41) is 2.73. The topological polar surface area (TPSA) is 42.2 Å². The van der Waals surface area contributed by atoms with Crippen LogP contribution in [0.4, 0.5) is 13.2 Å². The van der Waals surface area contributed by atoms with Gasteiger partial charge in [-0.1, -0.05) is 29.8 Å². The zero-order valence-electron chi connectivity index (χ0n) is 12.8. The van der Waals surface area contributed by atoms with Crippen LogP contribution in [0.5, 0.6) is 0 Å². The van der Waals surface area contributed by atoms with Crippen molar-refractivity contribution in [2.45, 2.75) is 19.6 Å². The van der Waals surface area contributed by atoms with Crippen LogP contribution in [0.25, 0.3) is 22.1 Å². The Labute approximate surface area is 136 Å². The molecule has 0 unspecified atom stereocenters.